The van der Waals surface area contributed by atoms with Gasteiger partial charge in [0.25, 0.3) is 0 Å². The van der Waals surface area contributed by atoms with Gasteiger partial charge in [0.2, 0.25) is 0 Å². The van der Waals surface area contributed by atoms with Crippen LogP contribution in [0.1, 0.15) is 16.9 Å². The van der Waals surface area contributed by atoms with E-state index in [2.05, 4.69) is 11.1 Å². The van der Waals surface area contributed by atoms with Crippen molar-refractivity contribution in [2.24, 2.45) is 5.73 Å². The third-order valence-corrected chi connectivity index (χ3v) is 3.90. The average Bonchev–Trinajstić information content (AvgIpc) is 2.73. The second kappa shape index (κ2) is 6.15. The van der Waals surface area contributed by atoms with Gasteiger partial charge in [0, 0.05) is 23.3 Å². The van der Waals surface area contributed by atoms with Gasteiger partial charge in [-0.1, -0.05) is 11.6 Å². The molecular weight excluding hydrogens is 252 g/mol. The molecule has 0 aromatic carbocycles. The molecule has 1 unspecified atom stereocenters. The number of nitrogens with two attached hydrogens (primary N) is 1. The van der Waals surface area contributed by atoms with Gasteiger partial charge in [0.05, 0.1) is 4.34 Å². The maximum Gasteiger partial charge on any atom is 0.0931 e. The molecule has 0 saturated carbocycles. The molecule has 0 fully saturated rings. The highest BCUT2D eigenvalue weighted by Crippen LogP contribution is 2.22. The molecule has 2 rings (SSSR count). The third kappa shape index (κ3) is 4.11. The van der Waals surface area contributed by atoms with E-state index in [-0.39, 0.29) is 6.04 Å². The van der Waals surface area contributed by atoms with Crippen LogP contribution in [0.5, 0.6) is 0 Å². The number of rotatable bonds is 5. The Bertz CT molecular complexity index is 455. The fourth-order valence-corrected chi connectivity index (χ4v) is 2.90. The minimum absolute atomic E-state index is 0.192. The average molecular weight is 267 g/mol. The van der Waals surface area contributed by atoms with Gasteiger partial charge in [0.15, 0.2) is 0 Å². The Kier molecular flexibility index (Phi) is 4.54. The number of halogens is 1. The fourth-order valence-electron chi connectivity index (χ4n) is 1.72. The van der Waals surface area contributed by atoms with Gasteiger partial charge < -0.3 is 5.73 Å². The van der Waals surface area contributed by atoms with E-state index in [1.165, 1.54) is 10.4 Å². The molecule has 2 N–H and O–H groups in total. The van der Waals surface area contributed by atoms with Gasteiger partial charge in [-0.2, -0.15) is 0 Å². The summed E-state index contributed by atoms with van der Waals surface area (Å²) >= 11 is 7.50. The summed E-state index contributed by atoms with van der Waals surface area (Å²) in [4.78, 5) is 5.26. The monoisotopic (exact) mass is 266 g/mol. The van der Waals surface area contributed by atoms with Crippen LogP contribution in [0.4, 0.5) is 0 Å². The van der Waals surface area contributed by atoms with Gasteiger partial charge in [-0.05, 0) is 49.1 Å². The summed E-state index contributed by atoms with van der Waals surface area (Å²) < 4.78 is 0.835. The molecule has 2 aromatic heterocycles. The highest BCUT2D eigenvalue weighted by molar-refractivity contribution is 7.16. The molecule has 2 heterocycles. The molecular formula is C13H15ClN2S. The van der Waals surface area contributed by atoms with Crippen LogP contribution < -0.4 is 5.73 Å². The predicted octanol–water partition coefficient (Wildman–Crippen LogP) is 3.30. The zero-order valence-corrected chi connectivity index (χ0v) is 11.0. The fraction of sp³-hybridized carbons (Fsp3) is 0.308. The number of nitrogens with zero attached hydrogens (tertiary/aromatic N) is 1. The van der Waals surface area contributed by atoms with E-state index in [1.54, 1.807) is 11.3 Å². The highest BCUT2D eigenvalue weighted by atomic mass is 35.5. The summed E-state index contributed by atoms with van der Waals surface area (Å²) in [6, 6.07) is 8.25. The lowest BCUT2D eigenvalue weighted by Crippen LogP contribution is -2.23. The molecule has 0 amide bonds. The molecule has 90 valence electrons. The van der Waals surface area contributed by atoms with Gasteiger partial charge in [-0.3, -0.25) is 4.98 Å². The third-order valence-electron chi connectivity index (χ3n) is 2.65. The molecule has 2 aromatic rings. The number of thiophene rings is 1. The number of hydrogen-bond acceptors (Lipinski definition) is 3. The molecule has 2 nitrogen and oxygen atoms in total. The van der Waals surface area contributed by atoms with Crippen LogP contribution in [0.2, 0.25) is 4.34 Å². The molecule has 1 atom stereocenters. The molecule has 0 radical (unpaired) electrons. The van der Waals surface area contributed by atoms with Crippen LogP contribution in [0, 0.1) is 0 Å². The molecule has 17 heavy (non-hydrogen) atoms. The van der Waals surface area contributed by atoms with Crippen molar-refractivity contribution < 1.29 is 0 Å². The Balaban J connectivity index is 1.80. The summed E-state index contributed by atoms with van der Waals surface area (Å²) in [5.41, 5.74) is 7.40. The van der Waals surface area contributed by atoms with Gasteiger partial charge in [-0.25, -0.2) is 0 Å². The standard InChI is InChI=1S/C13H15ClN2S/c14-13-4-3-12(17-13)9-11(15)2-1-10-5-7-16-8-6-10/h3-8,11H,1-2,9,15H2. The molecule has 0 aliphatic carbocycles. The zero-order chi connectivity index (χ0) is 12.1. The quantitative estimate of drug-likeness (QED) is 0.902. The Hall–Kier alpha value is -0.900. The summed E-state index contributed by atoms with van der Waals surface area (Å²) in [6.07, 6.45) is 6.53. The number of aromatic nitrogens is 1. The summed E-state index contributed by atoms with van der Waals surface area (Å²) in [5.74, 6) is 0. The number of aryl methyl sites for hydroxylation is 1. The number of hydrogen-bond donors (Lipinski definition) is 1. The van der Waals surface area contributed by atoms with E-state index in [9.17, 15) is 0 Å². The second-order valence-corrected chi connectivity index (χ2v) is 5.86. The first kappa shape index (κ1) is 12.6. The van der Waals surface area contributed by atoms with Crippen molar-refractivity contribution in [3.05, 3.63) is 51.4 Å². The largest absolute Gasteiger partial charge is 0.327 e. The van der Waals surface area contributed by atoms with Crippen LogP contribution in [0.3, 0.4) is 0 Å². The molecule has 0 spiro atoms. The minimum Gasteiger partial charge on any atom is -0.327 e. The SMILES string of the molecule is NC(CCc1ccncc1)Cc1ccc(Cl)s1. The Morgan fingerprint density at radius 1 is 1.24 bits per heavy atom. The van der Waals surface area contributed by atoms with E-state index < -0.39 is 0 Å². The van der Waals surface area contributed by atoms with E-state index in [1.807, 2.05) is 30.6 Å². The van der Waals surface area contributed by atoms with Crippen molar-refractivity contribution in [3.8, 4) is 0 Å². The Labute approximate surface area is 110 Å². The lowest BCUT2D eigenvalue weighted by Gasteiger charge is -2.09. The van der Waals surface area contributed by atoms with Crippen LogP contribution in [-0.2, 0) is 12.8 Å². The van der Waals surface area contributed by atoms with Gasteiger partial charge in [0.1, 0.15) is 0 Å². The predicted molar refractivity (Wildman–Crippen MR) is 73.6 cm³/mol. The van der Waals surface area contributed by atoms with Gasteiger partial charge in [-0.15, -0.1) is 11.3 Å². The maximum absolute atomic E-state index is 6.11. The van der Waals surface area contributed by atoms with E-state index in [0.29, 0.717) is 0 Å². The van der Waals surface area contributed by atoms with Crippen molar-refractivity contribution in [2.75, 3.05) is 0 Å². The molecule has 0 aliphatic rings. The van der Waals surface area contributed by atoms with Crippen LogP contribution >= 0.6 is 22.9 Å². The van der Waals surface area contributed by atoms with Crippen molar-refractivity contribution in [1.82, 2.24) is 4.98 Å². The molecule has 4 heteroatoms. The van der Waals surface area contributed by atoms with E-state index >= 15 is 0 Å². The van der Waals surface area contributed by atoms with Crippen LogP contribution in [-0.4, -0.2) is 11.0 Å². The maximum atomic E-state index is 6.11. The molecule has 0 bridgehead atoms. The Morgan fingerprint density at radius 3 is 2.65 bits per heavy atom. The normalized spacial score (nSPS) is 12.6. The summed E-state index contributed by atoms with van der Waals surface area (Å²) in [5, 5.41) is 0. The van der Waals surface area contributed by atoms with Gasteiger partial charge >= 0.3 is 0 Å². The summed E-state index contributed by atoms with van der Waals surface area (Å²) in [7, 11) is 0. The number of pyridine rings is 1. The second-order valence-electron chi connectivity index (χ2n) is 4.06. The highest BCUT2D eigenvalue weighted by Gasteiger charge is 2.06. The zero-order valence-electron chi connectivity index (χ0n) is 9.47. The first-order chi connectivity index (χ1) is 8.24. The lowest BCUT2D eigenvalue weighted by atomic mass is 10.0. The Morgan fingerprint density at radius 2 is 2.00 bits per heavy atom. The smallest absolute Gasteiger partial charge is 0.0931 e. The minimum atomic E-state index is 0.192. The van der Waals surface area contributed by atoms with Crippen LogP contribution in [0.15, 0.2) is 36.7 Å². The van der Waals surface area contributed by atoms with Crippen molar-refractivity contribution in [2.45, 2.75) is 25.3 Å². The first-order valence-electron chi connectivity index (χ1n) is 5.63. The van der Waals surface area contributed by atoms with Crippen molar-refractivity contribution >= 4 is 22.9 Å². The first-order valence-corrected chi connectivity index (χ1v) is 6.82. The van der Waals surface area contributed by atoms with E-state index in [4.69, 9.17) is 17.3 Å². The van der Waals surface area contributed by atoms with Crippen LogP contribution in [0.25, 0.3) is 0 Å². The molecule has 0 aliphatic heterocycles. The van der Waals surface area contributed by atoms with Crippen molar-refractivity contribution in [1.29, 1.82) is 0 Å². The molecule has 0 saturated heterocycles. The van der Waals surface area contributed by atoms with E-state index in [0.717, 1.165) is 23.6 Å². The lowest BCUT2D eigenvalue weighted by molar-refractivity contribution is 0.614. The topological polar surface area (TPSA) is 38.9 Å². The van der Waals surface area contributed by atoms with Crippen molar-refractivity contribution in [3.63, 3.8) is 0 Å². The summed E-state index contributed by atoms with van der Waals surface area (Å²) in [6.45, 7) is 0.